The van der Waals surface area contributed by atoms with Gasteiger partial charge in [-0.1, -0.05) is 17.7 Å². The second-order valence-corrected chi connectivity index (χ2v) is 3.95. The Morgan fingerprint density at radius 1 is 1.55 bits per heavy atom. The molecule has 2 atom stereocenters. The smallest absolute Gasteiger partial charge is 0.136 e. The average Bonchev–Trinajstić information content (AvgIpc) is 2.32. The largest absolute Gasteiger partial charge is 0.299 e. The van der Waals surface area contributed by atoms with Crippen LogP contribution in [0.4, 0.5) is 0 Å². The van der Waals surface area contributed by atoms with Crippen molar-refractivity contribution in [2.45, 2.75) is 25.7 Å². The Bertz CT molecular complexity index is 220. The van der Waals surface area contributed by atoms with Gasteiger partial charge in [-0.05, 0) is 25.2 Å². The summed E-state index contributed by atoms with van der Waals surface area (Å²) >= 11 is 5.88. The second kappa shape index (κ2) is 2.63. The van der Waals surface area contributed by atoms with Crippen molar-refractivity contribution < 1.29 is 4.79 Å². The highest BCUT2D eigenvalue weighted by molar-refractivity contribution is 6.29. The van der Waals surface area contributed by atoms with E-state index in [1.165, 1.54) is 0 Å². The van der Waals surface area contributed by atoms with Crippen LogP contribution in [0.5, 0.6) is 0 Å². The molecule has 2 unspecified atom stereocenters. The zero-order valence-corrected chi connectivity index (χ0v) is 7.10. The Morgan fingerprint density at radius 2 is 2.36 bits per heavy atom. The SMILES string of the molecule is O=C1CCC2CC(Cl)=CCC12. The fraction of sp³-hybridized carbons (Fsp3) is 0.667. The van der Waals surface area contributed by atoms with E-state index in [1.807, 2.05) is 6.08 Å². The van der Waals surface area contributed by atoms with Gasteiger partial charge in [0.25, 0.3) is 0 Å². The maximum atomic E-state index is 11.2. The lowest BCUT2D eigenvalue weighted by molar-refractivity contribution is -0.121. The molecule has 0 aromatic rings. The van der Waals surface area contributed by atoms with Crippen molar-refractivity contribution in [1.29, 1.82) is 0 Å². The van der Waals surface area contributed by atoms with Crippen molar-refractivity contribution in [3.63, 3.8) is 0 Å². The molecule has 1 saturated carbocycles. The number of halogens is 1. The average molecular weight is 171 g/mol. The molecule has 0 aromatic heterocycles. The van der Waals surface area contributed by atoms with E-state index in [9.17, 15) is 4.79 Å². The van der Waals surface area contributed by atoms with Crippen LogP contribution in [-0.2, 0) is 4.79 Å². The molecule has 2 aliphatic carbocycles. The number of carbonyl (C=O) groups excluding carboxylic acids is 1. The topological polar surface area (TPSA) is 17.1 Å². The van der Waals surface area contributed by atoms with E-state index in [0.717, 1.165) is 30.7 Å². The Labute approximate surface area is 71.4 Å². The summed E-state index contributed by atoms with van der Waals surface area (Å²) in [5.74, 6) is 1.34. The summed E-state index contributed by atoms with van der Waals surface area (Å²) in [6.45, 7) is 0. The standard InChI is InChI=1S/C9H11ClO/c10-7-2-3-8-6(5-7)1-4-9(8)11/h2,6,8H,1,3-5H2. The third-order valence-corrected chi connectivity index (χ3v) is 3.10. The van der Waals surface area contributed by atoms with Crippen LogP contribution in [0.25, 0.3) is 0 Å². The minimum atomic E-state index is 0.317. The lowest BCUT2D eigenvalue weighted by atomic mass is 9.85. The van der Waals surface area contributed by atoms with Crippen molar-refractivity contribution in [2.24, 2.45) is 11.8 Å². The van der Waals surface area contributed by atoms with E-state index in [-0.39, 0.29) is 0 Å². The maximum Gasteiger partial charge on any atom is 0.136 e. The predicted octanol–water partition coefficient (Wildman–Crippen LogP) is 2.50. The van der Waals surface area contributed by atoms with Gasteiger partial charge in [0.1, 0.15) is 5.78 Å². The summed E-state index contributed by atoms with van der Waals surface area (Å²) in [6.07, 6.45) is 5.69. The Balaban J connectivity index is 2.17. The van der Waals surface area contributed by atoms with Gasteiger partial charge in [0.05, 0.1) is 0 Å². The van der Waals surface area contributed by atoms with E-state index < -0.39 is 0 Å². The normalized spacial score (nSPS) is 36.8. The minimum Gasteiger partial charge on any atom is -0.299 e. The molecule has 0 saturated heterocycles. The number of fused-ring (bicyclic) bond motifs is 1. The Morgan fingerprint density at radius 3 is 3.18 bits per heavy atom. The third kappa shape index (κ3) is 1.22. The quantitative estimate of drug-likeness (QED) is 0.546. The molecule has 0 aliphatic heterocycles. The van der Waals surface area contributed by atoms with Crippen LogP contribution < -0.4 is 0 Å². The van der Waals surface area contributed by atoms with E-state index in [0.29, 0.717) is 17.6 Å². The lowest BCUT2D eigenvalue weighted by Crippen LogP contribution is -2.17. The van der Waals surface area contributed by atoms with Crippen LogP contribution >= 0.6 is 11.6 Å². The summed E-state index contributed by atoms with van der Waals surface area (Å²) in [7, 11) is 0. The first kappa shape index (κ1) is 7.35. The van der Waals surface area contributed by atoms with Gasteiger partial charge >= 0.3 is 0 Å². The number of carbonyl (C=O) groups is 1. The van der Waals surface area contributed by atoms with Crippen LogP contribution in [0.15, 0.2) is 11.1 Å². The first-order valence-electron chi connectivity index (χ1n) is 4.14. The number of Topliss-reactive ketones (excluding diaryl/α,β-unsaturated/α-hetero) is 1. The predicted molar refractivity (Wildman–Crippen MR) is 44.4 cm³/mol. The van der Waals surface area contributed by atoms with E-state index >= 15 is 0 Å². The summed E-state index contributed by atoms with van der Waals surface area (Å²) in [4.78, 5) is 11.2. The number of hydrogen-bond acceptors (Lipinski definition) is 1. The van der Waals surface area contributed by atoms with Gasteiger partial charge in [-0.3, -0.25) is 4.79 Å². The van der Waals surface area contributed by atoms with Crippen LogP contribution in [0.2, 0.25) is 0 Å². The monoisotopic (exact) mass is 170 g/mol. The molecule has 11 heavy (non-hydrogen) atoms. The van der Waals surface area contributed by atoms with Gasteiger partial charge in [-0.15, -0.1) is 0 Å². The molecule has 1 nitrogen and oxygen atoms in total. The molecule has 2 aliphatic rings. The molecular formula is C9H11ClO. The molecule has 0 spiro atoms. The summed E-state index contributed by atoms with van der Waals surface area (Å²) in [5.41, 5.74) is 0. The molecule has 0 N–H and O–H groups in total. The zero-order chi connectivity index (χ0) is 7.84. The van der Waals surface area contributed by atoms with Crippen molar-refractivity contribution >= 4 is 17.4 Å². The number of rotatable bonds is 0. The van der Waals surface area contributed by atoms with Crippen LogP contribution in [0.1, 0.15) is 25.7 Å². The van der Waals surface area contributed by atoms with Crippen LogP contribution in [0, 0.1) is 11.8 Å². The van der Waals surface area contributed by atoms with Gasteiger partial charge in [0.2, 0.25) is 0 Å². The molecular weight excluding hydrogens is 160 g/mol. The minimum absolute atomic E-state index is 0.317. The molecule has 0 aromatic carbocycles. The van der Waals surface area contributed by atoms with Crippen LogP contribution in [0.3, 0.4) is 0 Å². The third-order valence-electron chi connectivity index (χ3n) is 2.79. The molecule has 60 valence electrons. The van der Waals surface area contributed by atoms with E-state index in [2.05, 4.69) is 0 Å². The molecule has 0 bridgehead atoms. The molecule has 0 radical (unpaired) electrons. The van der Waals surface area contributed by atoms with Crippen molar-refractivity contribution in [3.8, 4) is 0 Å². The first-order valence-corrected chi connectivity index (χ1v) is 4.52. The van der Waals surface area contributed by atoms with Crippen molar-refractivity contribution in [3.05, 3.63) is 11.1 Å². The Kier molecular flexibility index (Phi) is 1.76. The molecule has 0 heterocycles. The highest BCUT2D eigenvalue weighted by atomic mass is 35.5. The number of allylic oxidation sites excluding steroid dienone is 2. The lowest BCUT2D eigenvalue weighted by Gasteiger charge is -2.20. The van der Waals surface area contributed by atoms with Crippen LogP contribution in [-0.4, -0.2) is 5.78 Å². The fourth-order valence-corrected chi connectivity index (χ4v) is 2.42. The number of hydrogen-bond donors (Lipinski definition) is 0. The Hall–Kier alpha value is -0.300. The van der Waals surface area contributed by atoms with Gasteiger partial charge in [0.15, 0.2) is 0 Å². The van der Waals surface area contributed by atoms with E-state index in [1.54, 1.807) is 0 Å². The fourth-order valence-electron chi connectivity index (χ4n) is 2.13. The molecule has 2 rings (SSSR count). The summed E-state index contributed by atoms with van der Waals surface area (Å²) < 4.78 is 0. The van der Waals surface area contributed by atoms with Crippen molar-refractivity contribution in [1.82, 2.24) is 0 Å². The number of ketones is 1. The van der Waals surface area contributed by atoms with Gasteiger partial charge in [-0.2, -0.15) is 0 Å². The van der Waals surface area contributed by atoms with Gasteiger partial charge in [0, 0.05) is 17.4 Å². The zero-order valence-electron chi connectivity index (χ0n) is 6.35. The van der Waals surface area contributed by atoms with Gasteiger partial charge in [-0.25, -0.2) is 0 Å². The molecule has 2 heteroatoms. The highest BCUT2D eigenvalue weighted by Gasteiger charge is 2.35. The summed E-state index contributed by atoms with van der Waals surface area (Å²) in [6, 6.07) is 0. The first-order chi connectivity index (χ1) is 5.27. The maximum absolute atomic E-state index is 11.2. The van der Waals surface area contributed by atoms with E-state index in [4.69, 9.17) is 11.6 Å². The van der Waals surface area contributed by atoms with Gasteiger partial charge < -0.3 is 0 Å². The van der Waals surface area contributed by atoms with Crippen molar-refractivity contribution in [2.75, 3.05) is 0 Å². The second-order valence-electron chi connectivity index (χ2n) is 3.46. The highest BCUT2D eigenvalue weighted by Crippen LogP contribution is 2.40. The molecule has 0 amide bonds. The summed E-state index contributed by atoms with van der Waals surface area (Å²) in [5, 5.41) is 0.959. The molecule has 1 fully saturated rings.